The first-order chi connectivity index (χ1) is 13.4. The van der Waals surface area contributed by atoms with Crippen LogP contribution in [0.3, 0.4) is 0 Å². The van der Waals surface area contributed by atoms with Gasteiger partial charge in [0.2, 0.25) is 0 Å². The van der Waals surface area contributed by atoms with Gasteiger partial charge in [-0.1, -0.05) is 29.8 Å². The van der Waals surface area contributed by atoms with E-state index in [1.807, 2.05) is 0 Å². The Morgan fingerprint density at radius 2 is 1.82 bits per heavy atom. The number of halogens is 3. The van der Waals surface area contributed by atoms with Crippen molar-refractivity contribution in [2.45, 2.75) is 26.2 Å². The first kappa shape index (κ1) is 19.8. The van der Waals surface area contributed by atoms with E-state index in [0.717, 1.165) is 5.56 Å². The second-order valence-electron chi connectivity index (χ2n) is 6.08. The Labute approximate surface area is 159 Å². The van der Waals surface area contributed by atoms with E-state index in [1.165, 1.54) is 24.5 Å². The van der Waals surface area contributed by atoms with Crippen LogP contribution in [-0.2, 0) is 6.61 Å². The lowest BCUT2D eigenvalue weighted by molar-refractivity contribution is -0.0496. The van der Waals surface area contributed by atoms with Crippen LogP contribution in [0.2, 0.25) is 0 Å². The van der Waals surface area contributed by atoms with E-state index in [4.69, 9.17) is 5.11 Å². The maximum absolute atomic E-state index is 15.3. The van der Waals surface area contributed by atoms with Crippen LogP contribution in [0, 0.1) is 12.7 Å². The summed E-state index contributed by atoms with van der Waals surface area (Å²) in [7, 11) is 0. The molecular weight excluding hydrogens is 373 g/mol. The Bertz CT molecular complexity index is 965. The summed E-state index contributed by atoms with van der Waals surface area (Å²) in [6, 6.07) is 9.02. The van der Waals surface area contributed by atoms with E-state index in [0.29, 0.717) is 5.56 Å². The molecule has 146 valence electrons. The van der Waals surface area contributed by atoms with Crippen molar-refractivity contribution < 1.29 is 28.1 Å². The van der Waals surface area contributed by atoms with E-state index in [2.05, 4.69) is 14.7 Å². The molecular formula is C20H17F3N2O3. The Morgan fingerprint density at radius 3 is 2.43 bits per heavy atom. The molecule has 3 aromatic rings. The smallest absolute Gasteiger partial charge is 0.387 e. The second-order valence-corrected chi connectivity index (χ2v) is 6.08. The molecule has 2 N–H and O–H groups in total. The van der Waals surface area contributed by atoms with Crippen LogP contribution in [0.1, 0.15) is 28.6 Å². The first-order valence-corrected chi connectivity index (χ1v) is 8.34. The predicted octanol–water partition coefficient (Wildman–Crippen LogP) is 3.77. The van der Waals surface area contributed by atoms with Gasteiger partial charge in [-0.3, -0.25) is 0 Å². The molecule has 0 saturated heterocycles. The van der Waals surface area contributed by atoms with Gasteiger partial charge in [0, 0.05) is 23.5 Å². The summed E-state index contributed by atoms with van der Waals surface area (Å²) in [6.07, 6.45) is 1.09. The zero-order valence-corrected chi connectivity index (χ0v) is 14.8. The highest BCUT2D eigenvalue weighted by molar-refractivity contribution is 5.73. The highest BCUT2D eigenvalue weighted by Gasteiger charge is 2.24. The van der Waals surface area contributed by atoms with Gasteiger partial charge in [0.1, 0.15) is 24.3 Å². The molecule has 0 amide bonds. The van der Waals surface area contributed by atoms with Crippen LogP contribution < -0.4 is 4.74 Å². The van der Waals surface area contributed by atoms with E-state index >= 15 is 4.39 Å². The number of rotatable bonds is 6. The summed E-state index contributed by atoms with van der Waals surface area (Å²) in [5.41, 5.74) is 1.02. The van der Waals surface area contributed by atoms with Crippen LogP contribution in [-0.4, -0.2) is 26.8 Å². The highest BCUT2D eigenvalue weighted by Crippen LogP contribution is 2.38. The third-order valence-corrected chi connectivity index (χ3v) is 4.13. The van der Waals surface area contributed by atoms with Gasteiger partial charge in [-0.15, -0.1) is 0 Å². The molecule has 0 aliphatic carbocycles. The lowest BCUT2D eigenvalue weighted by atomic mass is 9.95. The fourth-order valence-electron chi connectivity index (χ4n) is 2.82. The van der Waals surface area contributed by atoms with Gasteiger partial charge < -0.3 is 14.9 Å². The number of aromatic nitrogens is 2. The quantitative estimate of drug-likeness (QED) is 0.670. The molecule has 0 aliphatic rings. The van der Waals surface area contributed by atoms with Crippen molar-refractivity contribution in [3.63, 3.8) is 0 Å². The van der Waals surface area contributed by atoms with Crippen molar-refractivity contribution in [2.75, 3.05) is 0 Å². The monoisotopic (exact) mass is 390 g/mol. The molecule has 0 spiro atoms. The largest absolute Gasteiger partial charge is 0.434 e. The fraction of sp³-hybridized carbons (Fsp3) is 0.200. The van der Waals surface area contributed by atoms with Crippen molar-refractivity contribution in [3.05, 3.63) is 77.1 Å². The number of aliphatic hydroxyl groups excluding tert-OH is 2. The Kier molecular flexibility index (Phi) is 5.91. The van der Waals surface area contributed by atoms with Crippen molar-refractivity contribution >= 4 is 0 Å². The normalized spacial score (nSPS) is 12.2. The summed E-state index contributed by atoms with van der Waals surface area (Å²) in [6.45, 7) is -1.71. The molecule has 2 aromatic carbocycles. The molecule has 0 radical (unpaired) electrons. The minimum Gasteiger partial charge on any atom is -0.434 e. The van der Waals surface area contributed by atoms with Crippen molar-refractivity contribution in [2.24, 2.45) is 0 Å². The zero-order valence-electron chi connectivity index (χ0n) is 14.8. The number of aryl methyl sites for hydroxylation is 1. The maximum Gasteiger partial charge on any atom is 0.387 e. The van der Waals surface area contributed by atoms with Gasteiger partial charge in [0.05, 0.1) is 5.56 Å². The number of alkyl halides is 2. The molecule has 3 rings (SSSR count). The third kappa shape index (κ3) is 4.13. The molecule has 8 heteroatoms. The Balaban J connectivity index is 2.11. The average molecular weight is 390 g/mol. The summed E-state index contributed by atoms with van der Waals surface area (Å²) >= 11 is 0. The zero-order chi connectivity index (χ0) is 20.3. The van der Waals surface area contributed by atoms with Gasteiger partial charge >= 0.3 is 6.61 Å². The molecule has 1 atom stereocenters. The third-order valence-electron chi connectivity index (χ3n) is 4.13. The first-order valence-electron chi connectivity index (χ1n) is 8.34. The van der Waals surface area contributed by atoms with Gasteiger partial charge in [-0.2, -0.15) is 8.78 Å². The summed E-state index contributed by atoms with van der Waals surface area (Å²) in [5.74, 6) is -1.07. The van der Waals surface area contributed by atoms with E-state index in [9.17, 15) is 13.9 Å². The van der Waals surface area contributed by atoms with Gasteiger partial charge in [0.15, 0.2) is 5.82 Å². The number of hydrogen-bond donors (Lipinski definition) is 2. The maximum atomic E-state index is 15.3. The molecule has 0 saturated carbocycles. The van der Waals surface area contributed by atoms with Gasteiger partial charge in [0.25, 0.3) is 0 Å². The Morgan fingerprint density at radius 1 is 1.11 bits per heavy atom. The van der Waals surface area contributed by atoms with Crippen LogP contribution >= 0.6 is 0 Å². The molecule has 28 heavy (non-hydrogen) atoms. The minimum absolute atomic E-state index is 0.140. The topological polar surface area (TPSA) is 75.5 Å². The molecule has 0 unspecified atom stereocenters. The predicted molar refractivity (Wildman–Crippen MR) is 95.2 cm³/mol. The van der Waals surface area contributed by atoms with E-state index in [1.54, 1.807) is 31.2 Å². The minimum atomic E-state index is -3.13. The van der Waals surface area contributed by atoms with Gasteiger partial charge in [-0.05, 0) is 24.6 Å². The van der Waals surface area contributed by atoms with Crippen molar-refractivity contribution in [1.82, 2.24) is 9.97 Å². The second kappa shape index (κ2) is 8.37. The van der Waals surface area contributed by atoms with Crippen molar-refractivity contribution in [3.8, 4) is 16.9 Å². The summed E-state index contributed by atoms with van der Waals surface area (Å²) in [5, 5.41) is 19.6. The number of hydrogen-bond acceptors (Lipinski definition) is 5. The van der Waals surface area contributed by atoms with E-state index < -0.39 is 18.5 Å². The summed E-state index contributed by atoms with van der Waals surface area (Å²) in [4.78, 5) is 7.71. The molecule has 1 heterocycles. The highest BCUT2D eigenvalue weighted by atomic mass is 19.3. The lowest BCUT2D eigenvalue weighted by Gasteiger charge is -2.18. The van der Waals surface area contributed by atoms with E-state index in [-0.39, 0.29) is 34.9 Å². The molecule has 0 aliphatic heterocycles. The number of ether oxygens (including phenoxy) is 1. The molecule has 0 fully saturated rings. The molecule has 1 aromatic heterocycles. The van der Waals surface area contributed by atoms with Crippen LogP contribution in [0.4, 0.5) is 13.2 Å². The summed E-state index contributed by atoms with van der Waals surface area (Å²) < 4.78 is 45.4. The SMILES string of the molecule is Cc1cccc(-c2c(OC(F)F)ccc([C@@H](O)c3cnc(CO)nc3)c2F)c1. The number of nitrogens with zero attached hydrogens (tertiary/aromatic N) is 2. The molecule has 0 bridgehead atoms. The Hall–Kier alpha value is -2.97. The van der Waals surface area contributed by atoms with Crippen LogP contribution in [0.15, 0.2) is 48.8 Å². The fourth-order valence-corrected chi connectivity index (χ4v) is 2.82. The average Bonchev–Trinajstić information content (AvgIpc) is 2.67. The number of benzene rings is 2. The van der Waals surface area contributed by atoms with Crippen molar-refractivity contribution in [1.29, 1.82) is 0 Å². The molecule has 5 nitrogen and oxygen atoms in total. The van der Waals surface area contributed by atoms with Gasteiger partial charge in [-0.25, -0.2) is 14.4 Å². The van der Waals surface area contributed by atoms with Crippen LogP contribution in [0.5, 0.6) is 5.75 Å². The lowest BCUT2D eigenvalue weighted by Crippen LogP contribution is -2.09. The standard InChI is InChI=1S/C20H17F3N2O3/c1-11-3-2-4-12(7-11)17-15(28-20(22)23)6-5-14(18(17)21)19(27)13-8-24-16(10-26)25-9-13/h2-9,19-20,26-27H,10H2,1H3/t19-/m0/s1. The number of aliphatic hydroxyl groups is 2. The van der Waals surface area contributed by atoms with Crippen LogP contribution in [0.25, 0.3) is 11.1 Å².